The minimum atomic E-state index is 0. The van der Waals surface area contributed by atoms with Crippen LogP contribution in [0.5, 0.6) is 11.5 Å². The van der Waals surface area contributed by atoms with Crippen molar-refractivity contribution >= 4 is 18.3 Å². The Bertz CT molecular complexity index is 484. The second-order valence-corrected chi connectivity index (χ2v) is 5.63. The van der Waals surface area contributed by atoms with Gasteiger partial charge in [0.15, 0.2) is 0 Å². The number of halogens is 1. The summed E-state index contributed by atoms with van der Waals surface area (Å²) in [7, 11) is 0. The number of amides is 1. The molecule has 0 aromatic heterocycles. The summed E-state index contributed by atoms with van der Waals surface area (Å²) in [5.74, 6) is 1.66. The summed E-state index contributed by atoms with van der Waals surface area (Å²) >= 11 is 0. The third-order valence-corrected chi connectivity index (χ3v) is 3.81. The maximum absolute atomic E-state index is 11.9. The van der Waals surface area contributed by atoms with Gasteiger partial charge in [-0.25, -0.2) is 0 Å². The molecule has 1 aromatic rings. The molecule has 2 N–H and O–H groups in total. The summed E-state index contributed by atoms with van der Waals surface area (Å²) in [6, 6.07) is 7.89. The average molecular weight is 358 g/mol. The highest BCUT2D eigenvalue weighted by Gasteiger charge is 2.19. The highest BCUT2D eigenvalue weighted by molar-refractivity contribution is 5.85. The molecule has 1 amide bonds. The van der Waals surface area contributed by atoms with Gasteiger partial charge < -0.3 is 20.1 Å². The third-order valence-electron chi connectivity index (χ3n) is 3.81. The van der Waals surface area contributed by atoms with Gasteiger partial charge in [-0.1, -0.05) is 0 Å². The fourth-order valence-corrected chi connectivity index (χ4v) is 2.52. The molecule has 0 radical (unpaired) electrons. The Labute approximate surface area is 150 Å². The Kier molecular flexibility index (Phi) is 9.52. The molecule has 1 heterocycles. The number of ether oxygens (including phenoxy) is 2. The monoisotopic (exact) mass is 357 g/mol. The third kappa shape index (κ3) is 6.95. The van der Waals surface area contributed by atoms with Crippen LogP contribution in [0.25, 0.3) is 0 Å². The Morgan fingerprint density at radius 3 is 2.58 bits per heavy atom. The predicted molar refractivity (Wildman–Crippen MR) is 97.3 cm³/mol. The van der Waals surface area contributed by atoms with Gasteiger partial charge in [0, 0.05) is 25.7 Å². The molecule has 0 saturated carbocycles. The van der Waals surface area contributed by atoms with E-state index in [4.69, 9.17) is 9.47 Å². The van der Waals surface area contributed by atoms with Gasteiger partial charge in [0.25, 0.3) is 0 Å². The number of nitrogens with zero attached hydrogens (tertiary/aromatic N) is 1. The molecule has 1 atom stereocenters. The van der Waals surface area contributed by atoms with Crippen molar-refractivity contribution in [2.24, 2.45) is 0 Å². The van der Waals surface area contributed by atoms with Gasteiger partial charge in [-0.2, -0.15) is 0 Å². The molecule has 6 nitrogen and oxygen atoms in total. The van der Waals surface area contributed by atoms with Crippen molar-refractivity contribution in [2.45, 2.75) is 19.9 Å². The van der Waals surface area contributed by atoms with Crippen LogP contribution >= 0.6 is 12.4 Å². The van der Waals surface area contributed by atoms with Crippen molar-refractivity contribution in [3.05, 3.63) is 24.3 Å². The van der Waals surface area contributed by atoms with E-state index in [9.17, 15) is 4.79 Å². The maximum atomic E-state index is 11.9. The van der Waals surface area contributed by atoms with Crippen molar-refractivity contribution in [2.75, 3.05) is 45.9 Å². The largest absolute Gasteiger partial charge is 0.494 e. The van der Waals surface area contributed by atoms with Crippen LogP contribution in [0.1, 0.15) is 13.8 Å². The SMILES string of the molecule is CCOc1ccc(OCCNC(=O)CN2CCNC[C@H]2C)cc1.Cl. The molecule has 7 heteroatoms. The second kappa shape index (κ2) is 11.1. The van der Waals surface area contributed by atoms with E-state index in [1.165, 1.54) is 0 Å². The van der Waals surface area contributed by atoms with Crippen LogP contribution in [-0.2, 0) is 4.79 Å². The van der Waals surface area contributed by atoms with E-state index in [2.05, 4.69) is 22.5 Å². The molecule has 1 fully saturated rings. The lowest BCUT2D eigenvalue weighted by Gasteiger charge is -2.33. The summed E-state index contributed by atoms with van der Waals surface area (Å²) in [4.78, 5) is 14.1. The first-order valence-electron chi connectivity index (χ1n) is 8.26. The van der Waals surface area contributed by atoms with Crippen molar-refractivity contribution in [1.29, 1.82) is 0 Å². The highest BCUT2D eigenvalue weighted by atomic mass is 35.5. The van der Waals surface area contributed by atoms with E-state index in [1.807, 2.05) is 31.2 Å². The van der Waals surface area contributed by atoms with Crippen LogP contribution in [0.4, 0.5) is 0 Å². The van der Waals surface area contributed by atoms with E-state index in [0.29, 0.717) is 32.3 Å². The van der Waals surface area contributed by atoms with Gasteiger partial charge in [-0.15, -0.1) is 12.4 Å². The number of benzene rings is 1. The van der Waals surface area contributed by atoms with E-state index in [1.54, 1.807) is 0 Å². The normalized spacial score (nSPS) is 17.7. The van der Waals surface area contributed by atoms with Crippen molar-refractivity contribution in [3.63, 3.8) is 0 Å². The number of piperazine rings is 1. The van der Waals surface area contributed by atoms with E-state index >= 15 is 0 Å². The molecule has 1 aliphatic rings. The van der Waals surface area contributed by atoms with Crippen molar-refractivity contribution < 1.29 is 14.3 Å². The van der Waals surface area contributed by atoms with E-state index in [0.717, 1.165) is 31.1 Å². The number of carbonyl (C=O) groups is 1. The molecule has 0 spiro atoms. The first-order chi connectivity index (χ1) is 11.2. The zero-order chi connectivity index (χ0) is 16.5. The molecule has 0 aliphatic carbocycles. The lowest BCUT2D eigenvalue weighted by Crippen LogP contribution is -2.52. The van der Waals surface area contributed by atoms with Gasteiger partial charge in [-0.3, -0.25) is 9.69 Å². The molecule has 136 valence electrons. The standard InChI is InChI=1S/C17H27N3O3.ClH/c1-3-22-15-4-6-16(7-5-15)23-11-9-19-17(21)13-20-10-8-18-12-14(20)2;/h4-7,14,18H,3,8-13H2,1-2H3,(H,19,21);1H/t14-;/m1./s1. The summed E-state index contributed by atoms with van der Waals surface area (Å²) in [5.41, 5.74) is 0. The Balaban J connectivity index is 0.00000288. The molecule has 1 aliphatic heterocycles. The van der Waals surface area contributed by atoms with Crippen LogP contribution in [0.3, 0.4) is 0 Å². The topological polar surface area (TPSA) is 62.8 Å². The highest BCUT2D eigenvalue weighted by Crippen LogP contribution is 2.17. The fraction of sp³-hybridized carbons (Fsp3) is 0.588. The summed E-state index contributed by atoms with van der Waals surface area (Å²) < 4.78 is 11.0. The van der Waals surface area contributed by atoms with Crippen LogP contribution in [-0.4, -0.2) is 62.8 Å². The first kappa shape index (κ1) is 20.5. The lowest BCUT2D eigenvalue weighted by molar-refractivity contribution is -0.123. The molecule has 1 saturated heterocycles. The molecule has 0 unspecified atom stereocenters. The predicted octanol–water partition coefficient (Wildman–Crippen LogP) is 1.30. The van der Waals surface area contributed by atoms with Gasteiger partial charge >= 0.3 is 0 Å². The number of rotatable bonds is 8. The Morgan fingerprint density at radius 1 is 1.29 bits per heavy atom. The van der Waals surface area contributed by atoms with Gasteiger partial charge in [0.05, 0.1) is 19.7 Å². The van der Waals surface area contributed by atoms with Crippen LogP contribution in [0.15, 0.2) is 24.3 Å². The number of hydrogen-bond donors (Lipinski definition) is 2. The minimum Gasteiger partial charge on any atom is -0.494 e. The van der Waals surface area contributed by atoms with E-state index in [-0.39, 0.29) is 18.3 Å². The van der Waals surface area contributed by atoms with Crippen molar-refractivity contribution in [3.8, 4) is 11.5 Å². The van der Waals surface area contributed by atoms with Gasteiger partial charge in [0.2, 0.25) is 5.91 Å². The number of nitrogens with one attached hydrogen (secondary N) is 2. The molecular weight excluding hydrogens is 330 g/mol. The smallest absolute Gasteiger partial charge is 0.234 e. The van der Waals surface area contributed by atoms with Crippen LogP contribution < -0.4 is 20.1 Å². The summed E-state index contributed by atoms with van der Waals surface area (Å²) in [5, 5.41) is 6.22. The summed E-state index contributed by atoms with van der Waals surface area (Å²) in [6.45, 7) is 8.94. The quantitative estimate of drug-likeness (QED) is 0.687. The lowest BCUT2D eigenvalue weighted by atomic mass is 10.2. The minimum absolute atomic E-state index is 0. The van der Waals surface area contributed by atoms with Crippen molar-refractivity contribution in [1.82, 2.24) is 15.5 Å². The fourth-order valence-electron chi connectivity index (χ4n) is 2.52. The number of carbonyl (C=O) groups excluding carboxylic acids is 1. The Hall–Kier alpha value is -1.50. The van der Waals surface area contributed by atoms with Gasteiger partial charge in [-0.05, 0) is 38.1 Å². The van der Waals surface area contributed by atoms with E-state index < -0.39 is 0 Å². The summed E-state index contributed by atoms with van der Waals surface area (Å²) in [6.07, 6.45) is 0. The zero-order valence-electron chi connectivity index (χ0n) is 14.4. The van der Waals surface area contributed by atoms with Crippen LogP contribution in [0, 0.1) is 0 Å². The molecule has 24 heavy (non-hydrogen) atoms. The number of hydrogen-bond acceptors (Lipinski definition) is 5. The molecule has 1 aromatic carbocycles. The molecular formula is C17H28ClN3O3. The van der Waals surface area contributed by atoms with Crippen LogP contribution in [0.2, 0.25) is 0 Å². The maximum Gasteiger partial charge on any atom is 0.234 e. The zero-order valence-corrected chi connectivity index (χ0v) is 15.2. The molecule has 0 bridgehead atoms. The average Bonchev–Trinajstić information content (AvgIpc) is 2.55. The molecule has 2 rings (SSSR count). The van der Waals surface area contributed by atoms with Gasteiger partial charge in [0.1, 0.15) is 18.1 Å². The second-order valence-electron chi connectivity index (χ2n) is 5.63. The Morgan fingerprint density at radius 2 is 1.96 bits per heavy atom. The first-order valence-corrected chi connectivity index (χ1v) is 8.26.